The quantitative estimate of drug-likeness (QED) is 0.654. The average Bonchev–Trinajstić information content (AvgIpc) is 2.64. The largest absolute Gasteiger partial charge is 0.335 e. The lowest BCUT2D eigenvalue weighted by Gasteiger charge is -2.11. The van der Waals surface area contributed by atoms with Gasteiger partial charge < -0.3 is 4.57 Å². The Kier molecular flexibility index (Phi) is 5.77. The van der Waals surface area contributed by atoms with Crippen LogP contribution in [-0.4, -0.2) is 15.4 Å². The van der Waals surface area contributed by atoms with E-state index in [-0.39, 0.29) is 0 Å². The van der Waals surface area contributed by atoms with Crippen molar-refractivity contribution in [1.29, 1.82) is 0 Å². The van der Waals surface area contributed by atoms with Crippen LogP contribution in [-0.2, 0) is 13.0 Å². The molecule has 0 fully saturated rings. The van der Waals surface area contributed by atoms with Crippen LogP contribution < -0.4 is 0 Å². The van der Waals surface area contributed by atoms with Crippen molar-refractivity contribution in [2.75, 3.05) is 5.88 Å². The molecule has 1 aromatic heterocycles. The summed E-state index contributed by atoms with van der Waals surface area (Å²) in [5, 5.41) is 0. The number of alkyl halides is 1. The highest BCUT2D eigenvalue weighted by Gasteiger charge is 2.04. The summed E-state index contributed by atoms with van der Waals surface area (Å²) >= 11 is 5.72. The lowest BCUT2D eigenvalue weighted by atomic mass is 10.1. The topological polar surface area (TPSA) is 17.8 Å². The summed E-state index contributed by atoms with van der Waals surface area (Å²) in [6, 6.07) is 0. The fraction of sp³-hybridized carbons (Fsp3) is 0.750. The van der Waals surface area contributed by atoms with Gasteiger partial charge in [0, 0.05) is 31.2 Å². The van der Waals surface area contributed by atoms with Gasteiger partial charge in [-0.3, -0.25) is 0 Å². The molecule has 15 heavy (non-hydrogen) atoms. The molecule has 0 spiro atoms. The first-order chi connectivity index (χ1) is 7.27. The van der Waals surface area contributed by atoms with Gasteiger partial charge in [0.2, 0.25) is 0 Å². The van der Waals surface area contributed by atoms with E-state index in [1.165, 1.54) is 12.2 Å². The SMILES string of the molecule is CCCc1nccn1CCC(C)CCCl. The lowest BCUT2D eigenvalue weighted by molar-refractivity contribution is 0.462. The number of rotatable bonds is 7. The second kappa shape index (κ2) is 6.89. The van der Waals surface area contributed by atoms with Gasteiger partial charge in [-0.25, -0.2) is 4.98 Å². The molecule has 86 valence electrons. The van der Waals surface area contributed by atoms with Crippen LogP contribution in [0.4, 0.5) is 0 Å². The molecule has 0 N–H and O–H groups in total. The van der Waals surface area contributed by atoms with Crippen LogP contribution in [0.15, 0.2) is 12.4 Å². The number of aryl methyl sites for hydroxylation is 2. The van der Waals surface area contributed by atoms with Crippen LogP contribution in [0.2, 0.25) is 0 Å². The van der Waals surface area contributed by atoms with Crippen LogP contribution in [0.3, 0.4) is 0 Å². The molecule has 1 unspecified atom stereocenters. The van der Waals surface area contributed by atoms with E-state index in [0.717, 1.165) is 31.7 Å². The normalized spacial score (nSPS) is 13.0. The summed E-state index contributed by atoms with van der Waals surface area (Å²) in [4.78, 5) is 4.37. The summed E-state index contributed by atoms with van der Waals surface area (Å²) in [7, 11) is 0. The van der Waals surface area contributed by atoms with Gasteiger partial charge in [0.1, 0.15) is 5.82 Å². The van der Waals surface area contributed by atoms with Crippen LogP contribution in [0.25, 0.3) is 0 Å². The molecule has 1 aromatic rings. The maximum atomic E-state index is 5.72. The minimum Gasteiger partial charge on any atom is -0.335 e. The molecule has 0 bridgehead atoms. The number of hydrogen-bond acceptors (Lipinski definition) is 1. The number of imidazole rings is 1. The Morgan fingerprint density at radius 3 is 2.93 bits per heavy atom. The van der Waals surface area contributed by atoms with Crippen molar-refractivity contribution < 1.29 is 0 Å². The molecule has 0 radical (unpaired) electrons. The highest BCUT2D eigenvalue weighted by Crippen LogP contribution is 2.11. The van der Waals surface area contributed by atoms with Gasteiger partial charge in [0.05, 0.1) is 0 Å². The van der Waals surface area contributed by atoms with Gasteiger partial charge in [-0.15, -0.1) is 11.6 Å². The third kappa shape index (κ3) is 4.25. The van der Waals surface area contributed by atoms with E-state index < -0.39 is 0 Å². The Hall–Kier alpha value is -0.500. The van der Waals surface area contributed by atoms with Gasteiger partial charge in [0.15, 0.2) is 0 Å². The van der Waals surface area contributed by atoms with Crippen LogP contribution in [0.5, 0.6) is 0 Å². The first-order valence-corrected chi connectivity index (χ1v) is 6.37. The Morgan fingerprint density at radius 1 is 1.47 bits per heavy atom. The van der Waals surface area contributed by atoms with Crippen LogP contribution in [0, 0.1) is 5.92 Å². The van der Waals surface area contributed by atoms with Crippen molar-refractivity contribution in [3.63, 3.8) is 0 Å². The van der Waals surface area contributed by atoms with E-state index in [2.05, 4.69) is 29.6 Å². The molecule has 0 amide bonds. The number of nitrogens with zero attached hydrogens (tertiary/aromatic N) is 2. The zero-order chi connectivity index (χ0) is 11.1. The molecule has 0 saturated carbocycles. The van der Waals surface area contributed by atoms with Gasteiger partial charge in [-0.1, -0.05) is 13.8 Å². The van der Waals surface area contributed by atoms with Crippen molar-refractivity contribution in [2.45, 2.75) is 46.1 Å². The summed E-state index contributed by atoms with van der Waals surface area (Å²) in [6.45, 7) is 5.53. The molecule has 0 aliphatic rings. The fourth-order valence-electron chi connectivity index (χ4n) is 1.69. The van der Waals surface area contributed by atoms with E-state index in [1.807, 2.05) is 6.20 Å². The van der Waals surface area contributed by atoms with E-state index >= 15 is 0 Å². The van der Waals surface area contributed by atoms with Crippen LogP contribution in [0.1, 0.15) is 38.9 Å². The monoisotopic (exact) mass is 228 g/mol. The molecule has 3 heteroatoms. The molecule has 2 nitrogen and oxygen atoms in total. The molecule has 1 rings (SSSR count). The summed E-state index contributed by atoms with van der Waals surface area (Å²) < 4.78 is 2.27. The van der Waals surface area contributed by atoms with E-state index in [1.54, 1.807) is 0 Å². The predicted molar refractivity (Wildman–Crippen MR) is 65.3 cm³/mol. The Balaban J connectivity index is 2.39. The maximum absolute atomic E-state index is 5.72. The van der Waals surface area contributed by atoms with Crippen molar-refractivity contribution in [2.24, 2.45) is 5.92 Å². The van der Waals surface area contributed by atoms with Gasteiger partial charge in [-0.05, 0) is 25.2 Å². The minimum atomic E-state index is 0.708. The smallest absolute Gasteiger partial charge is 0.108 e. The number of aromatic nitrogens is 2. The zero-order valence-corrected chi connectivity index (χ0v) is 10.5. The minimum absolute atomic E-state index is 0.708. The molecule has 0 saturated heterocycles. The van der Waals surface area contributed by atoms with Gasteiger partial charge in [-0.2, -0.15) is 0 Å². The average molecular weight is 229 g/mol. The second-order valence-corrected chi connectivity index (χ2v) is 4.54. The van der Waals surface area contributed by atoms with Crippen molar-refractivity contribution >= 4 is 11.6 Å². The lowest BCUT2D eigenvalue weighted by Crippen LogP contribution is -2.07. The molecular weight excluding hydrogens is 208 g/mol. The standard InChI is InChI=1S/C12H21ClN2/c1-3-4-12-14-8-10-15(12)9-6-11(2)5-7-13/h8,10-11H,3-7,9H2,1-2H3. The van der Waals surface area contributed by atoms with Crippen molar-refractivity contribution in [3.8, 4) is 0 Å². The number of hydrogen-bond donors (Lipinski definition) is 0. The first-order valence-electron chi connectivity index (χ1n) is 5.83. The molecule has 1 atom stereocenters. The second-order valence-electron chi connectivity index (χ2n) is 4.16. The molecular formula is C12H21ClN2. The van der Waals surface area contributed by atoms with E-state index in [4.69, 9.17) is 11.6 Å². The van der Waals surface area contributed by atoms with E-state index in [9.17, 15) is 0 Å². The highest BCUT2D eigenvalue weighted by molar-refractivity contribution is 6.17. The summed E-state index contributed by atoms with van der Waals surface area (Å²) in [6.07, 6.45) is 8.53. The zero-order valence-electron chi connectivity index (χ0n) is 9.75. The first kappa shape index (κ1) is 12.6. The van der Waals surface area contributed by atoms with Crippen molar-refractivity contribution in [1.82, 2.24) is 9.55 Å². The third-order valence-corrected chi connectivity index (χ3v) is 2.96. The Bertz CT molecular complexity index is 270. The molecule has 0 aliphatic heterocycles. The molecule has 0 aromatic carbocycles. The third-order valence-electron chi connectivity index (χ3n) is 2.74. The van der Waals surface area contributed by atoms with Gasteiger partial charge >= 0.3 is 0 Å². The Labute approximate surface area is 97.7 Å². The van der Waals surface area contributed by atoms with Crippen LogP contribution >= 0.6 is 11.6 Å². The maximum Gasteiger partial charge on any atom is 0.108 e. The van der Waals surface area contributed by atoms with Gasteiger partial charge in [0.25, 0.3) is 0 Å². The molecule has 1 heterocycles. The predicted octanol–water partition coefficient (Wildman–Crippen LogP) is 3.49. The summed E-state index contributed by atoms with van der Waals surface area (Å²) in [5.41, 5.74) is 0. The van der Waals surface area contributed by atoms with Crippen molar-refractivity contribution in [3.05, 3.63) is 18.2 Å². The summed E-state index contributed by atoms with van der Waals surface area (Å²) in [5.74, 6) is 2.70. The fourth-order valence-corrected chi connectivity index (χ4v) is 2.06. The number of halogens is 1. The highest BCUT2D eigenvalue weighted by atomic mass is 35.5. The van der Waals surface area contributed by atoms with E-state index in [0.29, 0.717) is 5.92 Å². The Morgan fingerprint density at radius 2 is 2.27 bits per heavy atom. The molecule has 0 aliphatic carbocycles.